The van der Waals surface area contributed by atoms with Gasteiger partial charge in [-0.05, 0) is 6.92 Å². The molecule has 2 saturated heterocycles. The van der Waals surface area contributed by atoms with Gasteiger partial charge >= 0.3 is 6.03 Å². The zero-order valence-electron chi connectivity index (χ0n) is 11.4. The highest BCUT2D eigenvalue weighted by molar-refractivity contribution is 5.87. The lowest BCUT2D eigenvalue weighted by atomic mass is 10.2. The van der Waals surface area contributed by atoms with Gasteiger partial charge in [-0.3, -0.25) is 4.79 Å². The van der Waals surface area contributed by atoms with Crippen molar-refractivity contribution in [3.8, 4) is 0 Å². The lowest BCUT2D eigenvalue weighted by molar-refractivity contribution is -0.130. The molecule has 7 nitrogen and oxygen atoms in total. The van der Waals surface area contributed by atoms with Gasteiger partial charge in [-0.2, -0.15) is 0 Å². The molecule has 0 saturated carbocycles. The van der Waals surface area contributed by atoms with Crippen molar-refractivity contribution in [2.75, 3.05) is 52.5 Å². The Morgan fingerprint density at radius 2 is 2.05 bits per heavy atom. The number of nitrogens with zero attached hydrogens (tertiary/aromatic N) is 2. The van der Waals surface area contributed by atoms with Crippen LogP contribution in [0.5, 0.6) is 0 Å². The Bertz CT molecular complexity index is 331. The van der Waals surface area contributed by atoms with Crippen molar-refractivity contribution in [3.63, 3.8) is 0 Å². The summed E-state index contributed by atoms with van der Waals surface area (Å²) in [5.41, 5.74) is 0. The zero-order valence-corrected chi connectivity index (χ0v) is 11.4. The first-order valence-corrected chi connectivity index (χ1v) is 6.85. The van der Waals surface area contributed by atoms with Crippen molar-refractivity contribution in [2.24, 2.45) is 0 Å². The van der Waals surface area contributed by atoms with E-state index in [0.717, 1.165) is 13.1 Å². The number of likely N-dealkylation sites (N-methyl/N-ethyl adjacent to an activating group) is 1. The SMILES string of the molecule is CCNC(=O)C1COCCN1C(=O)N1CCNCC1. The fourth-order valence-corrected chi connectivity index (χ4v) is 2.38. The molecule has 2 aliphatic heterocycles. The van der Waals surface area contributed by atoms with Crippen LogP contribution in [-0.2, 0) is 9.53 Å². The molecule has 2 N–H and O–H groups in total. The number of urea groups is 1. The van der Waals surface area contributed by atoms with Crippen LogP contribution >= 0.6 is 0 Å². The second kappa shape index (κ2) is 6.72. The molecule has 2 rings (SSSR count). The molecule has 2 aliphatic rings. The van der Waals surface area contributed by atoms with Gasteiger partial charge in [0.05, 0.1) is 13.2 Å². The minimum Gasteiger partial charge on any atom is -0.377 e. The summed E-state index contributed by atoms with van der Waals surface area (Å²) in [4.78, 5) is 27.9. The maximum Gasteiger partial charge on any atom is 0.320 e. The van der Waals surface area contributed by atoms with Gasteiger partial charge in [0.25, 0.3) is 0 Å². The van der Waals surface area contributed by atoms with Crippen LogP contribution < -0.4 is 10.6 Å². The molecular weight excluding hydrogens is 248 g/mol. The van der Waals surface area contributed by atoms with Gasteiger partial charge in [0.2, 0.25) is 5.91 Å². The molecule has 1 unspecified atom stereocenters. The second-order valence-corrected chi connectivity index (χ2v) is 4.70. The van der Waals surface area contributed by atoms with Gasteiger partial charge in [-0.1, -0.05) is 0 Å². The van der Waals surface area contributed by atoms with Crippen LogP contribution in [0.3, 0.4) is 0 Å². The molecular formula is C12H22N4O3. The summed E-state index contributed by atoms with van der Waals surface area (Å²) in [7, 11) is 0. The summed E-state index contributed by atoms with van der Waals surface area (Å²) >= 11 is 0. The molecule has 2 heterocycles. The summed E-state index contributed by atoms with van der Waals surface area (Å²) in [6.07, 6.45) is 0. The van der Waals surface area contributed by atoms with Crippen LogP contribution in [0, 0.1) is 0 Å². The number of carbonyl (C=O) groups is 2. The Morgan fingerprint density at radius 3 is 2.74 bits per heavy atom. The Morgan fingerprint density at radius 1 is 1.32 bits per heavy atom. The Labute approximate surface area is 113 Å². The highest BCUT2D eigenvalue weighted by atomic mass is 16.5. The van der Waals surface area contributed by atoms with Gasteiger partial charge in [-0.15, -0.1) is 0 Å². The third-order valence-corrected chi connectivity index (χ3v) is 3.42. The van der Waals surface area contributed by atoms with Crippen LogP contribution in [0.4, 0.5) is 4.79 Å². The minimum absolute atomic E-state index is 0.0546. The molecule has 108 valence electrons. The number of rotatable bonds is 2. The van der Waals surface area contributed by atoms with Gasteiger partial charge in [0.15, 0.2) is 0 Å². The molecule has 7 heteroatoms. The molecule has 19 heavy (non-hydrogen) atoms. The van der Waals surface area contributed by atoms with Crippen LogP contribution in [-0.4, -0.2) is 80.3 Å². The van der Waals surface area contributed by atoms with E-state index < -0.39 is 6.04 Å². The first-order chi connectivity index (χ1) is 9.24. The third kappa shape index (κ3) is 3.36. The summed E-state index contributed by atoms with van der Waals surface area (Å²) in [6.45, 7) is 6.68. The summed E-state index contributed by atoms with van der Waals surface area (Å²) in [5, 5.41) is 5.97. The van der Waals surface area contributed by atoms with Gasteiger partial charge < -0.3 is 25.2 Å². The molecule has 0 radical (unpaired) electrons. The van der Waals surface area contributed by atoms with Crippen molar-refractivity contribution in [1.82, 2.24) is 20.4 Å². The fourth-order valence-electron chi connectivity index (χ4n) is 2.38. The van der Waals surface area contributed by atoms with Crippen molar-refractivity contribution < 1.29 is 14.3 Å². The predicted octanol–water partition coefficient (Wildman–Crippen LogP) is -1.15. The van der Waals surface area contributed by atoms with E-state index in [1.54, 1.807) is 9.80 Å². The van der Waals surface area contributed by atoms with Crippen LogP contribution in [0.15, 0.2) is 0 Å². The second-order valence-electron chi connectivity index (χ2n) is 4.70. The fraction of sp³-hybridized carbons (Fsp3) is 0.833. The van der Waals surface area contributed by atoms with E-state index in [1.165, 1.54) is 0 Å². The van der Waals surface area contributed by atoms with Gasteiger partial charge in [-0.25, -0.2) is 4.79 Å². The Balaban J connectivity index is 2.01. The highest BCUT2D eigenvalue weighted by Crippen LogP contribution is 2.11. The lowest BCUT2D eigenvalue weighted by Gasteiger charge is -2.39. The van der Waals surface area contributed by atoms with E-state index in [2.05, 4.69) is 10.6 Å². The number of carbonyl (C=O) groups excluding carboxylic acids is 2. The Hall–Kier alpha value is -1.34. The molecule has 0 aliphatic carbocycles. The molecule has 2 fully saturated rings. The van der Waals surface area contributed by atoms with Crippen LogP contribution in [0.2, 0.25) is 0 Å². The largest absolute Gasteiger partial charge is 0.377 e. The smallest absolute Gasteiger partial charge is 0.320 e. The maximum atomic E-state index is 12.5. The molecule has 0 aromatic carbocycles. The number of morpholine rings is 1. The first kappa shape index (κ1) is 14.1. The first-order valence-electron chi connectivity index (χ1n) is 6.85. The molecule has 0 aromatic rings. The summed E-state index contributed by atoms with van der Waals surface area (Å²) in [6, 6.07) is -0.558. The predicted molar refractivity (Wildman–Crippen MR) is 69.8 cm³/mol. The van der Waals surface area contributed by atoms with Crippen molar-refractivity contribution >= 4 is 11.9 Å². The average molecular weight is 270 g/mol. The summed E-state index contributed by atoms with van der Waals surface area (Å²) in [5.74, 6) is -0.134. The van der Waals surface area contributed by atoms with Gasteiger partial charge in [0, 0.05) is 39.3 Å². The Kier molecular flexibility index (Phi) is 4.98. The zero-order chi connectivity index (χ0) is 13.7. The van der Waals surface area contributed by atoms with Crippen LogP contribution in [0.25, 0.3) is 0 Å². The molecule has 0 bridgehead atoms. The number of amides is 3. The van der Waals surface area contributed by atoms with E-state index in [9.17, 15) is 9.59 Å². The minimum atomic E-state index is -0.504. The topological polar surface area (TPSA) is 73.9 Å². The van der Waals surface area contributed by atoms with E-state index in [1.807, 2.05) is 6.92 Å². The average Bonchev–Trinajstić information content (AvgIpc) is 2.47. The standard InChI is InChI=1S/C12H22N4O3/c1-2-14-11(17)10-9-19-8-7-16(10)12(18)15-5-3-13-4-6-15/h10,13H,2-9H2,1H3,(H,14,17). The molecule has 0 spiro atoms. The highest BCUT2D eigenvalue weighted by Gasteiger charge is 2.35. The number of hydrogen-bond donors (Lipinski definition) is 2. The summed E-state index contributed by atoms with van der Waals surface area (Å²) < 4.78 is 5.33. The van der Waals surface area contributed by atoms with Crippen molar-refractivity contribution in [2.45, 2.75) is 13.0 Å². The third-order valence-electron chi connectivity index (χ3n) is 3.42. The van der Waals surface area contributed by atoms with Crippen molar-refractivity contribution in [3.05, 3.63) is 0 Å². The van der Waals surface area contributed by atoms with Crippen molar-refractivity contribution in [1.29, 1.82) is 0 Å². The number of hydrogen-bond acceptors (Lipinski definition) is 4. The van der Waals surface area contributed by atoms with E-state index in [-0.39, 0.29) is 18.5 Å². The van der Waals surface area contributed by atoms with E-state index in [4.69, 9.17) is 4.74 Å². The monoisotopic (exact) mass is 270 g/mol. The number of ether oxygens (including phenoxy) is 1. The van der Waals surface area contributed by atoms with Crippen LogP contribution in [0.1, 0.15) is 6.92 Å². The normalized spacial score (nSPS) is 24.2. The van der Waals surface area contributed by atoms with E-state index in [0.29, 0.717) is 32.8 Å². The number of nitrogens with one attached hydrogen (secondary N) is 2. The van der Waals surface area contributed by atoms with Gasteiger partial charge in [0.1, 0.15) is 6.04 Å². The lowest BCUT2D eigenvalue weighted by Crippen LogP contribution is -2.60. The maximum absolute atomic E-state index is 12.5. The molecule has 1 atom stereocenters. The van der Waals surface area contributed by atoms with E-state index >= 15 is 0 Å². The molecule has 3 amide bonds. The quantitative estimate of drug-likeness (QED) is 0.664. The molecule has 0 aromatic heterocycles. The number of piperazine rings is 1.